The number of aromatic nitrogens is 1. The lowest BCUT2D eigenvalue weighted by molar-refractivity contribution is -0.113. The van der Waals surface area contributed by atoms with Crippen LogP contribution in [-0.4, -0.2) is 44.6 Å². The number of aldehydes is 1. The molecule has 0 atom stereocenters. The van der Waals surface area contributed by atoms with E-state index >= 15 is 0 Å². The fourth-order valence-corrected chi connectivity index (χ4v) is 3.82. The summed E-state index contributed by atoms with van der Waals surface area (Å²) in [6, 6.07) is 10.9. The van der Waals surface area contributed by atoms with Crippen LogP contribution in [0.1, 0.15) is 17.5 Å². The van der Waals surface area contributed by atoms with Gasteiger partial charge in [0.1, 0.15) is 0 Å². The minimum absolute atomic E-state index is 0.0565. The molecule has 0 unspecified atom stereocenters. The Morgan fingerprint density at radius 1 is 1.06 bits per heavy atom. The van der Waals surface area contributed by atoms with E-state index in [1.165, 1.54) is 21.3 Å². The first-order valence-electron chi connectivity index (χ1n) is 10.1. The maximum atomic E-state index is 12.6. The average Bonchev–Trinajstić information content (AvgIpc) is 3.18. The van der Waals surface area contributed by atoms with Gasteiger partial charge in [-0.3, -0.25) is 9.59 Å². The molecule has 0 spiro atoms. The van der Waals surface area contributed by atoms with E-state index in [2.05, 4.69) is 0 Å². The molecule has 4 N–H and O–H groups in total. The Morgan fingerprint density at radius 2 is 1.72 bits per heavy atom. The molecule has 0 aliphatic heterocycles. The molecule has 1 heterocycles. The zero-order chi connectivity index (χ0) is 23.3. The molecular formula is C24H27N3O5. The molecule has 0 aliphatic rings. The van der Waals surface area contributed by atoms with E-state index in [4.69, 9.17) is 25.7 Å². The van der Waals surface area contributed by atoms with Gasteiger partial charge in [0.2, 0.25) is 11.7 Å². The molecule has 8 heteroatoms. The van der Waals surface area contributed by atoms with Crippen LogP contribution in [0, 0.1) is 0 Å². The molecule has 2 aromatic carbocycles. The van der Waals surface area contributed by atoms with Gasteiger partial charge in [-0.05, 0) is 36.7 Å². The zero-order valence-electron chi connectivity index (χ0n) is 18.4. The number of primary amides is 1. The van der Waals surface area contributed by atoms with E-state index in [0.29, 0.717) is 47.8 Å². The second kappa shape index (κ2) is 10.0. The minimum atomic E-state index is -0.750. The van der Waals surface area contributed by atoms with Crippen LogP contribution in [-0.2, 0) is 16.1 Å². The highest BCUT2D eigenvalue weighted by Crippen LogP contribution is 2.41. The van der Waals surface area contributed by atoms with Crippen molar-refractivity contribution in [3.8, 4) is 17.2 Å². The standard InChI is InChI=1S/C24H27N3O5/c1-30-20-11-15(12-21(31-2)23(20)32-3)22(24(26)29)18(14-28)17-13-27(10-6-9-25)19-8-5-4-7-16(17)19/h4-5,7-8,11-14H,6,9-10,25H2,1-3H3,(H2,26,29)/b22-18+. The van der Waals surface area contributed by atoms with E-state index in [1.807, 2.05) is 35.0 Å². The number of para-hydroxylation sites is 1. The SMILES string of the molecule is COc1cc(/C(C(N)=O)=C(/C=O)c2cn(CCCN)c3ccccc23)cc(OC)c1OC. The van der Waals surface area contributed by atoms with E-state index in [-0.39, 0.29) is 11.1 Å². The molecule has 3 rings (SSSR count). The fourth-order valence-electron chi connectivity index (χ4n) is 3.82. The summed E-state index contributed by atoms with van der Waals surface area (Å²) >= 11 is 0. The number of ether oxygens (including phenoxy) is 3. The number of hydrogen-bond acceptors (Lipinski definition) is 6. The molecule has 0 aliphatic carbocycles. The van der Waals surface area contributed by atoms with Gasteiger partial charge in [-0.25, -0.2) is 0 Å². The van der Waals surface area contributed by atoms with Gasteiger partial charge in [0.05, 0.1) is 26.9 Å². The van der Waals surface area contributed by atoms with Crippen molar-refractivity contribution in [3.05, 3.63) is 53.7 Å². The maximum Gasteiger partial charge on any atom is 0.250 e. The first-order chi connectivity index (χ1) is 15.5. The molecule has 0 radical (unpaired) electrons. The number of methoxy groups -OCH3 is 3. The van der Waals surface area contributed by atoms with Crippen LogP contribution in [0.15, 0.2) is 42.6 Å². The predicted molar refractivity (Wildman–Crippen MR) is 124 cm³/mol. The monoisotopic (exact) mass is 437 g/mol. The van der Waals surface area contributed by atoms with E-state index in [1.54, 1.807) is 12.1 Å². The smallest absolute Gasteiger partial charge is 0.250 e. The Labute approximate surface area is 186 Å². The molecule has 1 amide bonds. The quantitative estimate of drug-likeness (QED) is 0.372. The molecule has 1 aromatic heterocycles. The summed E-state index contributed by atoms with van der Waals surface area (Å²) < 4.78 is 18.2. The summed E-state index contributed by atoms with van der Waals surface area (Å²) in [5, 5.41) is 0.831. The number of carbonyl (C=O) groups excluding carboxylic acids is 2. The first kappa shape index (κ1) is 22.9. The minimum Gasteiger partial charge on any atom is -0.493 e. The molecule has 3 aromatic rings. The number of hydrogen-bond donors (Lipinski definition) is 2. The van der Waals surface area contributed by atoms with Crippen molar-refractivity contribution in [2.75, 3.05) is 27.9 Å². The number of amides is 1. The van der Waals surface area contributed by atoms with Crippen molar-refractivity contribution in [2.24, 2.45) is 11.5 Å². The normalized spacial score (nSPS) is 11.8. The third-order valence-corrected chi connectivity index (χ3v) is 5.27. The molecule has 0 saturated carbocycles. The molecule has 168 valence electrons. The molecule has 8 nitrogen and oxygen atoms in total. The fraction of sp³-hybridized carbons (Fsp3) is 0.250. The number of rotatable bonds is 10. The highest BCUT2D eigenvalue weighted by atomic mass is 16.5. The number of carbonyl (C=O) groups is 2. The van der Waals surface area contributed by atoms with E-state index in [9.17, 15) is 9.59 Å². The van der Waals surface area contributed by atoms with Gasteiger partial charge in [-0.15, -0.1) is 0 Å². The number of nitrogens with two attached hydrogens (primary N) is 2. The highest BCUT2D eigenvalue weighted by molar-refractivity contribution is 6.36. The molecule has 0 saturated heterocycles. The Morgan fingerprint density at radius 3 is 2.25 bits per heavy atom. The van der Waals surface area contributed by atoms with Crippen molar-refractivity contribution >= 4 is 34.2 Å². The molecule has 32 heavy (non-hydrogen) atoms. The first-order valence-corrected chi connectivity index (χ1v) is 10.1. The number of benzene rings is 2. The van der Waals surface area contributed by atoms with Crippen molar-refractivity contribution < 1.29 is 23.8 Å². The van der Waals surface area contributed by atoms with E-state index in [0.717, 1.165) is 17.3 Å². The van der Waals surface area contributed by atoms with Crippen LogP contribution in [0.5, 0.6) is 17.2 Å². The predicted octanol–water partition coefficient (Wildman–Crippen LogP) is 2.61. The zero-order valence-corrected chi connectivity index (χ0v) is 18.4. The number of nitrogens with zero attached hydrogens (tertiary/aromatic N) is 1. The van der Waals surface area contributed by atoms with Crippen molar-refractivity contribution in [3.63, 3.8) is 0 Å². The van der Waals surface area contributed by atoms with E-state index < -0.39 is 5.91 Å². The second-order valence-electron chi connectivity index (χ2n) is 7.08. The van der Waals surface area contributed by atoms with Gasteiger partial charge in [0.25, 0.3) is 0 Å². The Balaban J connectivity index is 2.33. The summed E-state index contributed by atoms with van der Waals surface area (Å²) in [6.45, 7) is 1.22. The average molecular weight is 437 g/mol. The van der Waals surface area contributed by atoms with Gasteiger partial charge in [0, 0.05) is 34.8 Å². The number of allylic oxidation sites excluding steroid dienone is 1. The third kappa shape index (κ3) is 4.17. The lowest BCUT2D eigenvalue weighted by Crippen LogP contribution is -2.15. The van der Waals surface area contributed by atoms with Gasteiger partial charge in [0.15, 0.2) is 17.8 Å². The van der Waals surface area contributed by atoms with Crippen LogP contribution in [0.25, 0.3) is 22.0 Å². The van der Waals surface area contributed by atoms with Gasteiger partial charge >= 0.3 is 0 Å². The summed E-state index contributed by atoms with van der Waals surface area (Å²) in [6.07, 6.45) is 3.27. The van der Waals surface area contributed by atoms with Crippen LogP contribution >= 0.6 is 0 Å². The summed E-state index contributed by atoms with van der Waals surface area (Å²) in [5.41, 5.74) is 13.6. The largest absolute Gasteiger partial charge is 0.493 e. The summed E-state index contributed by atoms with van der Waals surface area (Å²) in [7, 11) is 4.43. The van der Waals surface area contributed by atoms with Crippen LogP contribution < -0.4 is 25.7 Å². The summed E-state index contributed by atoms with van der Waals surface area (Å²) in [4.78, 5) is 25.0. The van der Waals surface area contributed by atoms with Crippen molar-refractivity contribution in [1.82, 2.24) is 4.57 Å². The Bertz CT molecular complexity index is 1150. The lowest BCUT2D eigenvalue weighted by Gasteiger charge is -2.16. The Hall–Kier alpha value is -3.78. The van der Waals surface area contributed by atoms with Crippen LogP contribution in [0.4, 0.5) is 0 Å². The molecule has 0 bridgehead atoms. The lowest BCUT2D eigenvalue weighted by atomic mass is 9.94. The third-order valence-electron chi connectivity index (χ3n) is 5.27. The summed E-state index contributed by atoms with van der Waals surface area (Å²) in [5.74, 6) is 0.307. The Kier molecular flexibility index (Phi) is 7.17. The van der Waals surface area contributed by atoms with Crippen LogP contribution in [0.3, 0.4) is 0 Å². The van der Waals surface area contributed by atoms with Crippen LogP contribution in [0.2, 0.25) is 0 Å². The van der Waals surface area contributed by atoms with Gasteiger partial charge < -0.3 is 30.2 Å². The number of aryl methyl sites for hydroxylation is 1. The molecular weight excluding hydrogens is 410 g/mol. The maximum absolute atomic E-state index is 12.6. The highest BCUT2D eigenvalue weighted by Gasteiger charge is 2.23. The van der Waals surface area contributed by atoms with Crippen molar-refractivity contribution in [1.29, 1.82) is 0 Å². The topological polar surface area (TPSA) is 119 Å². The van der Waals surface area contributed by atoms with Gasteiger partial charge in [-0.1, -0.05) is 18.2 Å². The molecule has 0 fully saturated rings. The number of fused-ring (bicyclic) bond motifs is 1. The second-order valence-corrected chi connectivity index (χ2v) is 7.08. The van der Waals surface area contributed by atoms with Gasteiger partial charge in [-0.2, -0.15) is 0 Å². The van der Waals surface area contributed by atoms with Crippen molar-refractivity contribution in [2.45, 2.75) is 13.0 Å².